The molecular formula is C8H14N4O. The second-order valence-corrected chi connectivity index (χ2v) is 2.45. The van der Waals surface area contributed by atoms with Gasteiger partial charge in [-0.1, -0.05) is 0 Å². The van der Waals surface area contributed by atoms with Gasteiger partial charge in [0.15, 0.2) is 0 Å². The van der Waals surface area contributed by atoms with Crippen LogP contribution in [-0.4, -0.2) is 29.7 Å². The summed E-state index contributed by atoms with van der Waals surface area (Å²) < 4.78 is 5.15. The number of nitrogens with zero attached hydrogens (tertiary/aromatic N) is 2. The number of hydrogen-bond donors (Lipinski definition) is 2. The number of nitrogens with two attached hydrogens (primary N) is 1. The lowest BCUT2D eigenvalue weighted by Crippen LogP contribution is -2.10. The van der Waals surface area contributed by atoms with Crippen LogP contribution in [0.2, 0.25) is 0 Å². The molecule has 0 spiro atoms. The van der Waals surface area contributed by atoms with Crippen LogP contribution in [0, 0.1) is 0 Å². The van der Waals surface area contributed by atoms with Crippen LogP contribution < -0.4 is 11.1 Å². The van der Waals surface area contributed by atoms with Crippen LogP contribution in [0.15, 0.2) is 12.4 Å². The van der Waals surface area contributed by atoms with Gasteiger partial charge in [-0.15, -0.1) is 0 Å². The molecule has 5 nitrogen and oxygen atoms in total. The van der Waals surface area contributed by atoms with E-state index in [2.05, 4.69) is 15.3 Å². The first kappa shape index (κ1) is 9.73. The lowest BCUT2D eigenvalue weighted by molar-refractivity contribution is 0.158. The molecule has 72 valence electrons. The van der Waals surface area contributed by atoms with Gasteiger partial charge in [0.1, 0.15) is 18.0 Å². The summed E-state index contributed by atoms with van der Waals surface area (Å²) in [7, 11) is 0. The van der Waals surface area contributed by atoms with Gasteiger partial charge in [0.2, 0.25) is 0 Å². The first-order valence-electron chi connectivity index (χ1n) is 4.22. The van der Waals surface area contributed by atoms with Gasteiger partial charge in [-0.3, -0.25) is 0 Å². The summed E-state index contributed by atoms with van der Waals surface area (Å²) in [5.41, 5.74) is 5.47. The lowest BCUT2D eigenvalue weighted by atomic mass is 10.5. The summed E-state index contributed by atoms with van der Waals surface area (Å²) in [6, 6.07) is 1.69. The summed E-state index contributed by atoms with van der Waals surface area (Å²) in [4.78, 5) is 7.76. The Morgan fingerprint density at radius 1 is 1.54 bits per heavy atom. The van der Waals surface area contributed by atoms with Crippen molar-refractivity contribution in [2.45, 2.75) is 6.92 Å². The number of anilines is 2. The average Bonchev–Trinajstić information content (AvgIpc) is 2.13. The zero-order valence-corrected chi connectivity index (χ0v) is 7.66. The van der Waals surface area contributed by atoms with Crippen LogP contribution in [0.1, 0.15) is 6.92 Å². The van der Waals surface area contributed by atoms with Gasteiger partial charge in [-0.05, 0) is 6.92 Å². The van der Waals surface area contributed by atoms with E-state index in [1.807, 2.05) is 6.92 Å². The van der Waals surface area contributed by atoms with Crippen LogP contribution in [0.25, 0.3) is 0 Å². The van der Waals surface area contributed by atoms with E-state index in [4.69, 9.17) is 10.5 Å². The second kappa shape index (κ2) is 5.31. The van der Waals surface area contributed by atoms with E-state index >= 15 is 0 Å². The molecular weight excluding hydrogens is 168 g/mol. The van der Waals surface area contributed by atoms with Gasteiger partial charge >= 0.3 is 0 Å². The van der Waals surface area contributed by atoms with Gasteiger partial charge in [0.05, 0.1) is 6.61 Å². The Balaban J connectivity index is 2.28. The van der Waals surface area contributed by atoms with Crippen LogP contribution in [0.4, 0.5) is 11.6 Å². The molecule has 0 aliphatic rings. The van der Waals surface area contributed by atoms with Gasteiger partial charge in [0.25, 0.3) is 0 Å². The van der Waals surface area contributed by atoms with Gasteiger partial charge < -0.3 is 15.8 Å². The van der Waals surface area contributed by atoms with Gasteiger partial charge in [-0.25, -0.2) is 9.97 Å². The van der Waals surface area contributed by atoms with Crippen LogP contribution in [0.3, 0.4) is 0 Å². The molecule has 0 aromatic carbocycles. The predicted molar refractivity (Wildman–Crippen MR) is 51.4 cm³/mol. The Labute approximate surface area is 77.3 Å². The van der Waals surface area contributed by atoms with Crippen LogP contribution >= 0.6 is 0 Å². The van der Waals surface area contributed by atoms with Crippen molar-refractivity contribution in [2.75, 3.05) is 30.8 Å². The fourth-order valence-corrected chi connectivity index (χ4v) is 0.865. The Bertz CT molecular complexity index is 254. The number of rotatable bonds is 5. The Hall–Kier alpha value is -1.36. The Kier molecular flexibility index (Phi) is 3.98. The molecule has 0 aliphatic carbocycles. The molecule has 0 saturated heterocycles. The molecule has 13 heavy (non-hydrogen) atoms. The van der Waals surface area contributed by atoms with Crippen molar-refractivity contribution >= 4 is 11.6 Å². The monoisotopic (exact) mass is 182 g/mol. The van der Waals surface area contributed by atoms with Crippen LogP contribution in [-0.2, 0) is 4.74 Å². The summed E-state index contributed by atoms with van der Waals surface area (Å²) >= 11 is 0. The normalized spacial score (nSPS) is 9.92. The highest BCUT2D eigenvalue weighted by Gasteiger charge is 1.93. The third-order valence-electron chi connectivity index (χ3n) is 1.44. The van der Waals surface area contributed by atoms with Crippen molar-refractivity contribution in [3.05, 3.63) is 12.4 Å². The quantitative estimate of drug-likeness (QED) is 0.649. The SMILES string of the molecule is CCOCCNc1cc(N)ncn1. The lowest BCUT2D eigenvalue weighted by Gasteiger charge is -2.04. The van der Waals surface area contributed by atoms with Crippen molar-refractivity contribution in [1.29, 1.82) is 0 Å². The molecule has 0 amide bonds. The van der Waals surface area contributed by atoms with Crippen molar-refractivity contribution in [3.8, 4) is 0 Å². The zero-order chi connectivity index (χ0) is 9.52. The van der Waals surface area contributed by atoms with E-state index in [1.54, 1.807) is 6.07 Å². The smallest absolute Gasteiger partial charge is 0.131 e. The third kappa shape index (κ3) is 3.71. The summed E-state index contributed by atoms with van der Waals surface area (Å²) in [5.74, 6) is 1.20. The first-order chi connectivity index (χ1) is 6.33. The standard InChI is InChI=1S/C8H14N4O/c1-2-13-4-3-10-8-5-7(9)11-6-12-8/h5-6H,2-4H2,1H3,(H3,9,10,11,12). The van der Waals surface area contributed by atoms with Gasteiger partial charge in [0, 0.05) is 19.2 Å². The Morgan fingerprint density at radius 3 is 3.08 bits per heavy atom. The van der Waals surface area contributed by atoms with E-state index in [9.17, 15) is 0 Å². The fraction of sp³-hybridized carbons (Fsp3) is 0.500. The molecule has 1 rings (SSSR count). The highest BCUT2D eigenvalue weighted by Crippen LogP contribution is 2.03. The van der Waals surface area contributed by atoms with E-state index in [1.165, 1.54) is 6.33 Å². The maximum atomic E-state index is 5.47. The summed E-state index contributed by atoms with van der Waals surface area (Å²) in [6.45, 7) is 4.08. The molecule has 0 atom stereocenters. The van der Waals surface area contributed by atoms with Crippen molar-refractivity contribution in [1.82, 2.24) is 9.97 Å². The molecule has 0 saturated carbocycles. The topological polar surface area (TPSA) is 73.1 Å². The zero-order valence-electron chi connectivity index (χ0n) is 7.66. The summed E-state index contributed by atoms with van der Waals surface area (Å²) in [5, 5.41) is 3.06. The summed E-state index contributed by atoms with van der Waals surface area (Å²) in [6.07, 6.45) is 1.43. The molecule has 5 heteroatoms. The largest absolute Gasteiger partial charge is 0.384 e. The number of nitrogens with one attached hydrogen (secondary N) is 1. The molecule has 1 aromatic heterocycles. The number of nitrogen functional groups attached to an aromatic ring is 1. The van der Waals surface area contributed by atoms with Crippen molar-refractivity contribution in [2.24, 2.45) is 0 Å². The molecule has 3 N–H and O–H groups in total. The van der Waals surface area contributed by atoms with Crippen LogP contribution in [0.5, 0.6) is 0 Å². The number of hydrogen-bond acceptors (Lipinski definition) is 5. The maximum Gasteiger partial charge on any atom is 0.131 e. The van der Waals surface area contributed by atoms with E-state index in [0.29, 0.717) is 12.4 Å². The van der Waals surface area contributed by atoms with E-state index in [-0.39, 0.29) is 0 Å². The fourth-order valence-electron chi connectivity index (χ4n) is 0.865. The minimum Gasteiger partial charge on any atom is -0.384 e. The first-order valence-corrected chi connectivity index (χ1v) is 4.22. The Morgan fingerprint density at radius 2 is 2.38 bits per heavy atom. The predicted octanol–water partition coefficient (Wildman–Crippen LogP) is 0.507. The van der Waals surface area contributed by atoms with E-state index in [0.717, 1.165) is 19.0 Å². The highest BCUT2D eigenvalue weighted by molar-refractivity contribution is 5.42. The van der Waals surface area contributed by atoms with E-state index < -0.39 is 0 Å². The average molecular weight is 182 g/mol. The highest BCUT2D eigenvalue weighted by atomic mass is 16.5. The molecule has 0 radical (unpaired) electrons. The van der Waals surface area contributed by atoms with Crippen molar-refractivity contribution in [3.63, 3.8) is 0 Å². The van der Waals surface area contributed by atoms with Crippen molar-refractivity contribution < 1.29 is 4.74 Å². The maximum absolute atomic E-state index is 5.47. The molecule has 0 unspecified atom stereocenters. The molecule has 0 aliphatic heterocycles. The minimum absolute atomic E-state index is 0.467. The van der Waals surface area contributed by atoms with Gasteiger partial charge in [-0.2, -0.15) is 0 Å². The molecule has 1 heterocycles. The molecule has 0 bridgehead atoms. The molecule has 1 aromatic rings. The third-order valence-corrected chi connectivity index (χ3v) is 1.44. The molecule has 0 fully saturated rings. The number of ether oxygens (including phenoxy) is 1. The second-order valence-electron chi connectivity index (χ2n) is 2.45. The number of aromatic nitrogens is 2. The minimum atomic E-state index is 0.467.